The Morgan fingerprint density at radius 3 is 2.80 bits per heavy atom. The number of hydrogen-bond donors (Lipinski definition) is 1. The molecule has 3 nitrogen and oxygen atoms in total. The molecule has 1 aromatic carbocycles. The molecule has 1 saturated carbocycles. The molecule has 0 unspecified atom stereocenters. The van der Waals surface area contributed by atoms with Crippen molar-refractivity contribution in [2.75, 3.05) is 6.61 Å². The zero-order valence-corrected chi connectivity index (χ0v) is 11.8. The fourth-order valence-electron chi connectivity index (χ4n) is 2.77. The number of aromatic amines is 1. The Kier molecular flexibility index (Phi) is 3.85. The van der Waals surface area contributed by atoms with Gasteiger partial charge < -0.3 is 14.3 Å². The van der Waals surface area contributed by atoms with Gasteiger partial charge in [-0.15, -0.1) is 0 Å². The smallest absolute Gasteiger partial charge is 0.178 e. The van der Waals surface area contributed by atoms with Crippen molar-refractivity contribution in [1.82, 2.24) is 9.55 Å². The minimum absolute atomic E-state index is 0.247. The second-order valence-electron chi connectivity index (χ2n) is 5.14. The molecule has 0 aliphatic heterocycles. The number of rotatable bonds is 4. The Labute approximate surface area is 120 Å². The molecule has 0 radical (unpaired) electrons. The molecule has 2 aromatic rings. The van der Waals surface area contributed by atoms with Gasteiger partial charge in [0.25, 0.3) is 0 Å². The van der Waals surface area contributed by atoms with Crippen molar-refractivity contribution in [3.8, 4) is 0 Å². The van der Waals surface area contributed by atoms with Crippen LogP contribution in [0.2, 0.25) is 0 Å². The molecule has 1 N–H and O–H groups in total. The Morgan fingerprint density at radius 2 is 2.05 bits per heavy atom. The molecular weight excluding hydrogens is 282 g/mol. The summed E-state index contributed by atoms with van der Waals surface area (Å²) >= 11 is 5.17. The number of halogens is 2. The van der Waals surface area contributed by atoms with Gasteiger partial charge in [-0.3, -0.25) is 0 Å². The van der Waals surface area contributed by atoms with E-state index in [0.29, 0.717) is 29.5 Å². The Bertz CT molecular complexity index is 674. The molecule has 1 heterocycles. The Morgan fingerprint density at radius 1 is 1.30 bits per heavy atom. The van der Waals surface area contributed by atoms with Gasteiger partial charge in [0.05, 0.1) is 18.2 Å². The average molecular weight is 298 g/mol. The highest BCUT2D eigenvalue weighted by Crippen LogP contribution is 2.22. The largest absolute Gasteiger partial charge is 0.376 e. The highest BCUT2D eigenvalue weighted by molar-refractivity contribution is 7.71. The monoisotopic (exact) mass is 298 g/mol. The number of ether oxygens (including phenoxy) is 1. The molecule has 108 valence electrons. The van der Waals surface area contributed by atoms with Crippen molar-refractivity contribution in [3.63, 3.8) is 0 Å². The van der Waals surface area contributed by atoms with Crippen LogP contribution in [0.25, 0.3) is 11.0 Å². The van der Waals surface area contributed by atoms with E-state index in [9.17, 15) is 8.78 Å². The summed E-state index contributed by atoms with van der Waals surface area (Å²) in [5.74, 6) is -1.23. The summed E-state index contributed by atoms with van der Waals surface area (Å²) in [5, 5.41) is 0. The van der Waals surface area contributed by atoms with E-state index >= 15 is 0 Å². The molecule has 20 heavy (non-hydrogen) atoms. The van der Waals surface area contributed by atoms with E-state index in [1.165, 1.54) is 18.9 Å². The van der Waals surface area contributed by atoms with E-state index < -0.39 is 11.6 Å². The average Bonchev–Trinajstić information content (AvgIpc) is 3.00. The van der Waals surface area contributed by atoms with Gasteiger partial charge in [-0.05, 0) is 31.1 Å². The second kappa shape index (κ2) is 5.61. The van der Waals surface area contributed by atoms with Gasteiger partial charge in [0, 0.05) is 12.6 Å². The summed E-state index contributed by atoms with van der Waals surface area (Å²) in [5.41, 5.74) is 0.694. The predicted octanol–water partition coefficient (Wildman–Crippen LogP) is 3.94. The lowest BCUT2D eigenvalue weighted by Crippen LogP contribution is -2.13. The molecule has 6 heteroatoms. The van der Waals surface area contributed by atoms with Crippen LogP contribution in [-0.2, 0) is 11.3 Å². The molecule has 3 rings (SSSR count). The van der Waals surface area contributed by atoms with Crippen LogP contribution in [-0.4, -0.2) is 22.3 Å². The second-order valence-corrected chi connectivity index (χ2v) is 5.53. The van der Waals surface area contributed by atoms with Gasteiger partial charge in [0.15, 0.2) is 10.6 Å². The third-order valence-corrected chi connectivity index (χ3v) is 4.10. The van der Waals surface area contributed by atoms with E-state index in [-0.39, 0.29) is 5.52 Å². The lowest BCUT2D eigenvalue weighted by atomic mass is 10.3. The van der Waals surface area contributed by atoms with Crippen molar-refractivity contribution in [1.29, 1.82) is 0 Å². The lowest BCUT2D eigenvalue weighted by molar-refractivity contribution is 0.0533. The topological polar surface area (TPSA) is 29.9 Å². The molecule has 1 aromatic heterocycles. The molecule has 0 amide bonds. The van der Waals surface area contributed by atoms with E-state index in [2.05, 4.69) is 4.98 Å². The highest BCUT2D eigenvalue weighted by Gasteiger charge is 2.16. The number of hydrogen-bond acceptors (Lipinski definition) is 2. The van der Waals surface area contributed by atoms with Crippen LogP contribution >= 0.6 is 12.2 Å². The van der Waals surface area contributed by atoms with Gasteiger partial charge in [-0.2, -0.15) is 0 Å². The highest BCUT2D eigenvalue weighted by atomic mass is 32.1. The van der Waals surface area contributed by atoms with Gasteiger partial charge in [-0.1, -0.05) is 12.8 Å². The van der Waals surface area contributed by atoms with Crippen LogP contribution in [0.4, 0.5) is 8.78 Å². The number of nitrogens with zero attached hydrogens (tertiary/aromatic N) is 1. The van der Waals surface area contributed by atoms with Crippen LogP contribution in [0.15, 0.2) is 12.1 Å². The maximum atomic E-state index is 13.6. The fourth-order valence-corrected chi connectivity index (χ4v) is 3.06. The summed E-state index contributed by atoms with van der Waals surface area (Å²) < 4.78 is 34.8. The van der Waals surface area contributed by atoms with Gasteiger partial charge in [-0.25, -0.2) is 8.78 Å². The minimum atomic E-state index is -0.624. The fraction of sp³-hybridized carbons (Fsp3) is 0.500. The summed E-state index contributed by atoms with van der Waals surface area (Å²) in [7, 11) is 0. The molecule has 0 spiro atoms. The third-order valence-electron chi connectivity index (χ3n) is 3.77. The van der Waals surface area contributed by atoms with Gasteiger partial charge in [0.2, 0.25) is 0 Å². The maximum absolute atomic E-state index is 13.6. The Hall–Kier alpha value is -1.27. The predicted molar refractivity (Wildman–Crippen MR) is 75.2 cm³/mol. The number of imidazole rings is 1. The zero-order valence-electron chi connectivity index (χ0n) is 11.0. The number of fused-ring (bicyclic) bond motifs is 1. The first kappa shape index (κ1) is 13.7. The molecule has 0 saturated heterocycles. The minimum Gasteiger partial charge on any atom is -0.376 e. The first-order valence-corrected chi connectivity index (χ1v) is 7.25. The van der Waals surface area contributed by atoms with Crippen molar-refractivity contribution in [2.24, 2.45) is 0 Å². The molecule has 1 fully saturated rings. The third kappa shape index (κ3) is 2.62. The van der Waals surface area contributed by atoms with E-state index in [4.69, 9.17) is 17.0 Å². The number of benzene rings is 1. The molecule has 0 atom stereocenters. The first-order valence-electron chi connectivity index (χ1n) is 6.84. The van der Waals surface area contributed by atoms with Gasteiger partial charge >= 0.3 is 0 Å². The standard InChI is InChI=1S/C14H16F2N2OS/c15-9-7-11(16)13-12(8-9)18(14(20)17-13)5-6-19-10-3-1-2-4-10/h7-8,10H,1-6H2,(H,17,20). The summed E-state index contributed by atoms with van der Waals surface area (Å²) in [6, 6.07) is 2.15. The zero-order chi connectivity index (χ0) is 14.1. The number of aromatic nitrogens is 2. The van der Waals surface area contributed by atoms with Crippen molar-refractivity contribution in [2.45, 2.75) is 38.3 Å². The van der Waals surface area contributed by atoms with Gasteiger partial charge in [0.1, 0.15) is 11.3 Å². The summed E-state index contributed by atoms with van der Waals surface area (Å²) in [4.78, 5) is 2.78. The molecule has 1 aliphatic rings. The van der Waals surface area contributed by atoms with E-state index in [0.717, 1.165) is 18.9 Å². The quantitative estimate of drug-likeness (QED) is 0.867. The first-order chi connectivity index (χ1) is 9.65. The molecule has 0 bridgehead atoms. The number of nitrogens with one attached hydrogen (secondary N) is 1. The molecular formula is C14H16F2N2OS. The maximum Gasteiger partial charge on any atom is 0.178 e. The van der Waals surface area contributed by atoms with E-state index in [1.54, 1.807) is 4.57 Å². The van der Waals surface area contributed by atoms with Crippen LogP contribution < -0.4 is 0 Å². The van der Waals surface area contributed by atoms with Crippen LogP contribution in [0.3, 0.4) is 0 Å². The van der Waals surface area contributed by atoms with Crippen molar-refractivity contribution in [3.05, 3.63) is 28.5 Å². The van der Waals surface area contributed by atoms with Crippen molar-refractivity contribution >= 4 is 23.3 Å². The molecule has 1 aliphatic carbocycles. The van der Waals surface area contributed by atoms with E-state index in [1.807, 2.05) is 0 Å². The van der Waals surface area contributed by atoms with Crippen LogP contribution in [0.5, 0.6) is 0 Å². The lowest BCUT2D eigenvalue weighted by Gasteiger charge is -2.11. The number of H-pyrrole nitrogens is 1. The summed E-state index contributed by atoms with van der Waals surface area (Å²) in [6.45, 7) is 1.00. The van der Waals surface area contributed by atoms with Crippen LogP contribution in [0.1, 0.15) is 25.7 Å². The normalized spacial score (nSPS) is 16.3. The SMILES string of the molecule is Fc1cc(F)c2[nH]c(=S)n(CCOC3CCCC3)c2c1. The summed E-state index contributed by atoms with van der Waals surface area (Å²) in [6.07, 6.45) is 4.95. The Balaban J connectivity index is 1.80. The van der Waals surface area contributed by atoms with Crippen LogP contribution in [0, 0.1) is 16.4 Å². The van der Waals surface area contributed by atoms with Crippen molar-refractivity contribution < 1.29 is 13.5 Å².